The first kappa shape index (κ1) is 18.3. The van der Waals surface area contributed by atoms with Crippen molar-refractivity contribution in [2.75, 3.05) is 25.0 Å². The van der Waals surface area contributed by atoms with E-state index in [1.165, 1.54) is 23.4 Å². The lowest BCUT2D eigenvalue weighted by molar-refractivity contribution is -0.385. The van der Waals surface area contributed by atoms with E-state index in [-0.39, 0.29) is 11.9 Å². The molecule has 8 nitrogen and oxygen atoms in total. The summed E-state index contributed by atoms with van der Waals surface area (Å²) < 4.78 is 1.20. The second-order valence-corrected chi connectivity index (χ2v) is 7.21. The molecule has 1 fully saturated rings. The number of nitro groups is 1. The molecular weight excluding hydrogens is 334 g/mol. The molecule has 3 rings (SSSR count). The lowest BCUT2D eigenvalue weighted by Crippen LogP contribution is -2.39. The predicted molar refractivity (Wildman–Crippen MR) is 101 cm³/mol. The lowest BCUT2D eigenvalue weighted by Gasteiger charge is -2.29. The van der Waals surface area contributed by atoms with E-state index in [0.29, 0.717) is 18.1 Å². The lowest BCUT2D eigenvalue weighted by atomic mass is 10.0. The van der Waals surface area contributed by atoms with Gasteiger partial charge in [0.15, 0.2) is 0 Å². The summed E-state index contributed by atoms with van der Waals surface area (Å²) in [6.07, 6.45) is 4.86. The maximum absolute atomic E-state index is 12.5. The molecule has 1 N–H and O–H groups in total. The summed E-state index contributed by atoms with van der Waals surface area (Å²) in [7, 11) is 0. The van der Waals surface area contributed by atoms with E-state index in [9.17, 15) is 14.9 Å². The molecular formula is C18H25N5O3. The predicted octanol–water partition coefficient (Wildman–Crippen LogP) is 2.53. The Balaban J connectivity index is 1.90. The first-order chi connectivity index (χ1) is 12.5. The van der Waals surface area contributed by atoms with Crippen molar-refractivity contribution in [3.63, 3.8) is 0 Å². The highest BCUT2D eigenvalue weighted by atomic mass is 16.6. The number of hydrogen-bond acceptors (Lipinski definition) is 6. The number of nitrogens with zero attached hydrogens (tertiary/aromatic N) is 4. The summed E-state index contributed by atoms with van der Waals surface area (Å²) in [4.78, 5) is 30.1. The smallest absolute Gasteiger partial charge is 0.363 e. The summed E-state index contributed by atoms with van der Waals surface area (Å²) in [5.74, 6) is 0.576. The van der Waals surface area contributed by atoms with E-state index >= 15 is 0 Å². The molecule has 2 aromatic heterocycles. The summed E-state index contributed by atoms with van der Waals surface area (Å²) in [6, 6.07) is 5.35. The first-order valence-electron chi connectivity index (χ1n) is 9.11. The Hall–Kier alpha value is -2.48. The Morgan fingerprint density at radius 1 is 1.31 bits per heavy atom. The van der Waals surface area contributed by atoms with Gasteiger partial charge in [-0.05, 0) is 50.4 Å². The van der Waals surface area contributed by atoms with Crippen LogP contribution in [-0.2, 0) is 0 Å². The molecule has 1 aliphatic rings. The van der Waals surface area contributed by atoms with Gasteiger partial charge in [-0.3, -0.25) is 24.2 Å². The van der Waals surface area contributed by atoms with Gasteiger partial charge < -0.3 is 5.32 Å². The van der Waals surface area contributed by atoms with Crippen LogP contribution in [0.25, 0.3) is 5.65 Å². The van der Waals surface area contributed by atoms with Gasteiger partial charge in [-0.1, -0.05) is 19.9 Å². The molecule has 0 saturated carbocycles. The molecule has 8 heteroatoms. The molecule has 26 heavy (non-hydrogen) atoms. The second-order valence-electron chi connectivity index (χ2n) is 7.21. The third-order valence-corrected chi connectivity index (χ3v) is 4.80. The molecule has 1 unspecified atom stereocenters. The third-order valence-electron chi connectivity index (χ3n) is 4.80. The van der Waals surface area contributed by atoms with Gasteiger partial charge in [0.25, 0.3) is 0 Å². The van der Waals surface area contributed by atoms with Crippen molar-refractivity contribution in [1.82, 2.24) is 14.3 Å². The van der Waals surface area contributed by atoms with Gasteiger partial charge in [-0.2, -0.15) is 0 Å². The maximum atomic E-state index is 12.5. The van der Waals surface area contributed by atoms with Gasteiger partial charge in [0.1, 0.15) is 5.65 Å². The van der Waals surface area contributed by atoms with Crippen molar-refractivity contribution in [1.29, 1.82) is 0 Å². The fourth-order valence-electron chi connectivity index (χ4n) is 3.59. The normalized spacial score (nSPS) is 16.3. The summed E-state index contributed by atoms with van der Waals surface area (Å²) in [5.41, 5.74) is -0.768. The van der Waals surface area contributed by atoms with Crippen LogP contribution in [0, 0.1) is 16.0 Å². The van der Waals surface area contributed by atoms with Crippen molar-refractivity contribution in [2.24, 2.45) is 5.92 Å². The van der Waals surface area contributed by atoms with Crippen molar-refractivity contribution in [3.8, 4) is 0 Å². The van der Waals surface area contributed by atoms with Crippen LogP contribution < -0.4 is 10.9 Å². The number of likely N-dealkylation sites (tertiary alicyclic amines) is 1. The molecule has 3 heterocycles. The Morgan fingerprint density at radius 3 is 2.69 bits per heavy atom. The highest BCUT2D eigenvalue weighted by Crippen LogP contribution is 2.21. The van der Waals surface area contributed by atoms with Crippen LogP contribution >= 0.6 is 0 Å². The van der Waals surface area contributed by atoms with Gasteiger partial charge in [0, 0.05) is 18.8 Å². The molecule has 0 aromatic carbocycles. The largest absolute Gasteiger partial charge is 0.376 e. The Bertz CT molecular complexity index is 842. The minimum atomic E-state index is -0.662. The average molecular weight is 359 g/mol. The van der Waals surface area contributed by atoms with E-state index in [4.69, 9.17) is 0 Å². The standard InChI is InChI=1S/C18H25N5O3/c1-13(2)11-14(21-8-5-6-9-21)12-19-17-16(23(25)26)18(24)22-10-4-3-7-15(22)20-17/h3-4,7,10,13-14,19H,5-6,8-9,11-12H2,1-2H3. The number of anilines is 1. The minimum absolute atomic E-state index is 0.0548. The third kappa shape index (κ3) is 3.85. The fraction of sp³-hybridized carbons (Fsp3) is 0.556. The zero-order valence-corrected chi connectivity index (χ0v) is 15.2. The van der Waals surface area contributed by atoms with Gasteiger partial charge in [0.2, 0.25) is 5.82 Å². The number of pyridine rings is 1. The SMILES string of the molecule is CC(C)CC(CNc1nc2ccccn2c(=O)c1[N+](=O)[O-])N1CCCC1. The highest BCUT2D eigenvalue weighted by molar-refractivity contribution is 5.59. The fourth-order valence-corrected chi connectivity index (χ4v) is 3.59. The molecule has 0 aliphatic carbocycles. The van der Waals surface area contributed by atoms with Crippen molar-refractivity contribution in [2.45, 2.75) is 39.2 Å². The summed E-state index contributed by atoms with van der Waals surface area (Å²) >= 11 is 0. The number of hydrogen-bond donors (Lipinski definition) is 1. The van der Waals surface area contributed by atoms with Gasteiger partial charge >= 0.3 is 11.2 Å². The summed E-state index contributed by atoms with van der Waals surface area (Å²) in [5, 5.41) is 14.6. The number of nitrogens with one attached hydrogen (secondary N) is 1. The molecule has 0 bridgehead atoms. The summed E-state index contributed by atoms with van der Waals surface area (Å²) in [6.45, 7) is 6.98. The zero-order valence-electron chi connectivity index (χ0n) is 15.2. The average Bonchev–Trinajstić information content (AvgIpc) is 3.12. The quantitative estimate of drug-likeness (QED) is 0.603. The van der Waals surface area contributed by atoms with E-state index in [0.717, 1.165) is 19.5 Å². The Labute approximate surface area is 152 Å². The van der Waals surface area contributed by atoms with Gasteiger partial charge in [-0.25, -0.2) is 4.98 Å². The van der Waals surface area contributed by atoms with E-state index in [1.54, 1.807) is 18.2 Å². The van der Waals surface area contributed by atoms with Crippen molar-refractivity contribution < 1.29 is 4.92 Å². The first-order valence-corrected chi connectivity index (χ1v) is 9.11. The van der Waals surface area contributed by atoms with Crippen LogP contribution in [0.5, 0.6) is 0 Å². The molecule has 140 valence electrons. The molecule has 1 saturated heterocycles. The van der Waals surface area contributed by atoms with Crippen LogP contribution in [0.1, 0.15) is 33.1 Å². The van der Waals surface area contributed by atoms with Crippen LogP contribution in [0.15, 0.2) is 29.2 Å². The number of aromatic nitrogens is 2. The number of rotatable bonds is 7. The van der Waals surface area contributed by atoms with Gasteiger partial charge in [-0.15, -0.1) is 0 Å². The molecule has 0 amide bonds. The molecule has 1 atom stereocenters. The van der Waals surface area contributed by atoms with Crippen molar-refractivity contribution in [3.05, 3.63) is 44.9 Å². The van der Waals surface area contributed by atoms with Crippen LogP contribution in [-0.4, -0.2) is 44.9 Å². The minimum Gasteiger partial charge on any atom is -0.363 e. The topological polar surface area (TPSA) is 92.8 Å². The van der Waals surface area contributed by atoms with E-state index in [1.807, 2.05) is 0 Å². The van der Waals surface area contributed by atoms with Crippen LogP contribution in [0.2, 0.25) is 0 Å². The Morgan fingerprint density at radius 2 is 2.04 bits per heavy atom. The number of fused-ring (bicyclic) bond motifs is 1. The second kappa shape index (κ2) is 7.82. The molecule has 1 aliphatic heterocycles. The monoisotopic (exact) mass is 359 g/mol. The van der Waals surface area contributed by atoms with Crippen LogP contribution in [0.3, 0.4) is 0 Å². The van der Waals surface area contributed by atoms with Crippen molar-refractivity contribution >= 4 is 17.2 Å². The van der Waals surface area contributed by atoms with E-state index in [2.05, 4.69) is 29.0 Å². The molecule has 2 aromatic rings. The molecule has 0 spiro atoms. The van der Waals surface area contributed by atoms with Gasteiger partial charge in [0.05, 0.1) is 4.92 Å². The maximum Gasteiger partial charge on any atom is 0.376 e. The molecule has 0 radical (unpaired) electrons. The van der Waals surface area contributed by atoms with E-state index < -0.39 is 16.2 Å². The Kier molecular flexibility index (Phi) is 5.51. The zero-order chi connectivity index (χ0) is 18.7. The highest BCUT2D eigenvalue weighted by Gasteiger charge is 2.26. The van der Waals surface area contributed by atoms with Crippen LogP contribution in [0.4, 0.5) is 11.5 Å².